The van der Waals surface area contributed by atoms with E-state index in [0.717, 1.165) is 5.56 Å². The molecule has 1 amide bonds. The Kier molecular flexibility index (Phi) is 5.21. The monoisotopic (exact) mass is 353 g/mol. The summed E-state index contributed by atoms with van der Waals surface area (Å²) in [6.45, 7) is 0. The number of carbonyl (C=O) groups excluding carboxylic acids is 1. The molecule has 0 saturated heterocycles. The van der Waals surface area contributed by atoms with Gasteiger partial charge < -0.3 is 14.5 Å². The second-order valence-corrected chi connectivity index (χ2v) is 5.67. The standard InChI is InChI=1S/C20H16ClNO3/c1-24-19-10-9-15(21)12-18(19)22-20(23)17(13-16-8-5-11-25-16)14-6-3-2-4-7-14/h2-13H,1H3,(H,22,23)/b17-13+. The molecule has 0 spiro atoms. The van der Waals surface area contributed by atoms with Gasteiger partial charge in [0.25, 0.3) is 5.91 Å². The van der Waals surface area contributed by atoms with Crippen LogP contribution >= 0.6 is 11.6 Å². The van der Waals surface area contributed by atoms with Gasteiger partial charge in [-0.2, -0.15) is 0 Å². The van der Waals surface area contributed by atoms with Crippen LogP contribution < -0.4 is 10.1 Å². The summed E-state index contributed by atoms with van der Waals surface area (Å²) in [5.74, 6) is 0.832. The number of rotatable bonds is 5. The van der Waals surface area contributed by atoms with Gasteiger partial charge in [-0.3, -0.25) is 4.79 Å². The van der Waals surface area contributed by atoms with Crippen molar-refractivity contribution in [3.05, 3.63) is 83.3 Å². The Balaban J connectivity index is 1.97. The highest BCUT2D eigenvalue weighted by Crippen LogP contribution is 2.29. The highest BCUT2D eigenvalue weighted by atomic mass is 35.5. The summed E-state index contributed by atoms with van der Waals surface area (Å²) in [4.78, 5) is 12.9. The molecule has 0 atom stereocenters. The highest BCUT2D eigenvalue weighted by Gasteiger charge is 2.15. The van der Waals surface area contributed by atoms with Gasteiger partial charge in [-0.15, -0.1) is 0 Å². The molecule has 0 unspecified atom stereocenters. The normalized spacial score (nSPS) is 11.2. The summed E-state index contributed by atoms with van der Waals surface area (Å²) < 4.78 is 10.6. The molecule has 0 radical (unpaired) electrons. The second kappa shape index (κ2) is 7.73. The Labute approximate surface area is 150 Å². The first-order chi connectivity index (χ1) is 12.2. The van der Waals surface area contributed by atoms with E-state index in [2.05, 4.69) is 5.32 Å². The van der Waals surface area contributed by atoms with E-state index < -0.39 is 0 Å². The maximum atomic E-state index is 12.9. The highest BCUT2D eigenvalue weighted by molar-refractivity contribution is 6.32. The summed E-state index contributed by atoms with van der Waals surface area (Å²) in [6, 6.07) is 18.0. The zero-order chi connectivity index (χ0) is 17.6. The number of carbonyl (C=O) groups is 1. The van der Waals surface area contributed by atoms with Crippen LogP contribution in [0.25, 0.3) is 11.6 Å². The van der Waals surface area contributed by atoms with Crippen LogP contribution in [0.3, 0.4) is 0 Å². The van der Waals surface area contributed by atoms with Crippen LogP contribution in [0.1, 0.15) is 11.3 Å². The SMILES string of the molecule is COc1ccc(Cl)cc1NC(=O)/C(=C/c1ccco1)c1ccccc1. The molecule has 0 bridgehead atoms. The molecule has 5 heteroatoms. The molecule has 126 valence electrons. The van der Waals surface area contributed by atoms with E-state index in [0.29, 0.717) is 27.8 Å². The van der Waals surface area contributed by atoms with Gasteiger partial charge in [0.2, 0.25) is 0 Å². The number of furan rings is 1. The fourth-order valence-electron chi connectivity index (χ4n) is 2.38. The smallest absolute Gasteiger partial charge is 0.256 e. The van der Waals surface area contributed by atoms with Crippen molar-refractivity contribution in [3.63, 3.8) is 0 Å². The zero-order valence-electron chi connectivity index (χ0n) is 13.5. The summed E-state index contributed by atoms with van der Waals surface area (Å²) in [5.41, 5.74) is 1.75. The number of amides is 1. The summed E-state index contributed by atoms with van der Waals surface area (Å²) in [5, 5.41) is 3.36. The maximum Gasteiger partial charge on any atom is 0.256 e. The number of methoxy groups -OCH3 is 1. The average Bonchev–Trinajstić information content (AvgIpc) is 3.14. The molecule has 3 aromatic rings. The van der Waals surface area contributed by atoms with Gasteiger partial charge in [-0.25, -0.2) is 0 Å². The Morgan fingerprint density at radius 3 is 2.60 bits per heavy atom. The fourth-order valence-corrected chi connectivity index (χ4v) is 2.55. The topological polar surface area (TPSA) is 51.5 Å². The van der Waals surface area contributed by atoms with E-state index in [-0.39, 0.29) is 5.91 Å². The lowest BCUT2D eigenvalue weighted by Gasteiger charge is -2.12. The molecule has 4 nitrogen and oxygen atoms in total. The first-order valence-electron chi connectivity index (χ1n) is 7.63. The molecule has 1 N–H and O–H groups in total. The largest absolute Gasteiger partial charge is 0.495 e. The molecular formula is C20H16ClNO3. The van der Waals surface area contributed by atoms with E-state index in [9.17, 15) is 4.79 Å². The number of hydrogen-bond donors (Lipinski definition) is 1. The van der Waals surface area contributed by atoms with Gasteiger partial charge in [-0.05, 0) is 42.0 Å². The lowest BCUT2D eigenvalue weighted by atomic mass is 10.0. The molecule has 1 heterocycles. The van der Waals surface area contributed by atoms with Crippen LogP contribution in [0.2, 0.25) is 5.02 Å². The predicted octanol–water partition coefficient (Wildman–Crippen LogP) is 5.12. The number of hydrogen-bond acceptors (Lipinski definition) is 3. The van der Waals surface area contributed by atoms with Gasteiger partial charge in [0, 0.05) is 5.02 Å². The predicted molar refractivity (Wildman–Crippen MR) is 99.7 cm³/mol. The number of ether oxygens (including phenoxy) is 1. The van der Waals surface area contributed by atoms with Crippen LogP contribution in [-0.4, -0.2) is 13.0 Å². The van der Waals surface area contributed by atoms with E-state index in [1.165, 1.54) is 7.11 Å². The van der Waals surface area contributed by atoms with Gasteiger partial charge in [-0.1, -0.05) is 41.9 Å². The van der Waals surface area contributed by atoms with E-state index in [4.69, 9.17) is 20.8 Å². The van der Waals surface area contributed by atoms with Crippen molar-refractivity contribution in [2.24, 2.45) is 0 Å². The molecular weight excluding hydrogens is 338 g/mol. The first-order valence-corrected chi connectivity index (χ1v) is 8.00. The number of nitrogens with one attached hydrogen (secondary N) is 1. The zero-order valence-corrected chi connectivity index (χ0v) is 14.3. The van der Waals surface area contributed by atoms with Crippen molar-refractivity contribution in [1.29, 1.82) is 0 Å². The van der Waals surface area contributed by atoms with Crippen molar-refractivity contribution in [3.8, 4) is 5.75 Å². The van der Waals surface area contributed by atoms with Crippen LogP contribution in [-0.2, 0) is 4.79 Å². The van der Waals surface area contributed by atoms with Gasteiger partial charge in [0.15, 0.2) is 0 Å². The Morgan fingerprint density at radius 1 is 1.12 bits per heavy atom. The van der Waals surface area contributed by atoms with Crippen molar-refractivity contribution in [2.75, 3.05) is 12.4 Å². The van der Waals surface area contributed by atoms with Gasteiger partial charge >= 0.3 is 0 Å². The number of benzene rings is 2. The van der Waals surface area contributed by atoms with Crippen molar-refractivity contribution in [1.82, 2.24) is 0 Å². The summed E-state index contributed by atoms with van der Waals surface area (Å²) in [7, 11) is 1.54. The average molecular weight is 354 g/mol. The molecule has 25 heavy (non-hydrogen) atoms. The van der Waals surface area contributed by atoms with Crippen molar-refractivity contribution >= 4 is 34.8 Å². The molecule has 1 aromatic heterocycles. The van der Waals surface area contributed by atoms with Crippen LogP contribution in [0.15, 0.2) is 71.3 Å². The minimum atomic E-state index is -0.289. The third-order valence-electron chi connectivity index (χ3n) is 3.57. The Bertz CT molecular complexity index is 887. The van der Waals surface area contributed by atoms with Crippen molar-refractivity contribution in [2.45, 2.75) is 0 Å². The van der Waals surface area contributed by atoms with E-state index in [1.54, 1.807) is 42.7 Å². The molecule has 3 rings (SSSR count). The van der Waals surface area contributed by atoms with Crippen LogP contribution in [0.4, 0.5) is 5.69 Å². The Morgan fingerprint density at radius 2 is 1.92 bits per heavy atom. The summed E-state index contributed by atoms with van der Waals surface area (Å²) in [6.07, 6.45) is 3.26. The minimum absolute atomic E-state index is 0.289. The maximum absolute atomic E-state index is 12.9. The van der Waals surface area contributed by atoms with Gasteiger partial charge in [0.05, 0.1) is 24.6 Å². The number of anilines is 1. The second-order valence-electron chi connectivity index (χ2n) is 5.24. The lowest BCUT2D eigenvalue weighted by molar-refractivity contribution is -0.111. The third kappa shape index (κ3) is 4.11. The van der Waals surface area contributed by atoms with Crippen molar-refractivity contribution < 1.29 is 13.9 Å². The third-order valence-corrected chi connectivity index (χ3v) is 3.80. The van der Waals surface area contributed by atoms with Gasteiger partial charge in [0.1, 0.15) is 11.5 Å². The van der Waals surface area contributed by atoms with E-state index >= 15 is 0 Å². The summed E-state index contributed by atoms with van der Waals surface area (Å²) >= 11 is 6.03. The Hall–Kier alpha value is -2.98. The molecule has 0 fully saturated rings. The fraction of sp³-hybridized carbons (Fsp3) is 0.0500. The molecule has 2 aromatic carbocycles. The van der Waals surface area contributed by atoms with E-state index in [1.807, 2.05) is 30.3 Å². The van der Waals surface area contributed by atoms with Crippen LogP contribution in [0.5, 0.6) is 5.75 Å². The number of halogens is 1. The lowest BCUT2D eigenvalue weighted by Crippen LogP contribution is -2.14. The minimum Gasteiger partial charge on any atom is -0.495 e. The van der Waals surface area contributed by atoms with Crippen LogP contribution in [0, 0.1) is 0 Å². The molecule has 0 aliphatic carbocycles. The quantitative estimate of drug-likeness (QED) is 0.647. The molecule has 0 saturated carbocycles. The molecule has 0 aliphatic rings. The first kappa shape index (κ1) is 16.9. The molecule has 0 aliphatic heterocycles.